The van der Waals surface area contributed by atoms with Crippen molar-refractivity contribution in [2.24, 2.45) is 5.92 Å². The molecule has 0 saturated heterocycles. The standard InChI is InChI=1S/C10H16O2/c1-4-5-6-7-8(2)9(3)10(11)12/h4-5,9H,2,6-7H2,1,3H3,(H,11,12)/b5-4+. The third-order valence-corrected chi connectivity index (χ3v) is 1.85. The van der Waals surface area contributed by atoms with Gasteiger partial charge in [-0.25, -0.2) is 0 Å². The lowest BCUT2D eigenvalue weighted by atomic mass is 9.99. The van der Waals surface area contributed by atoms with Crippen LogP contribution in [-0.2, 0) is 4.79 Å². The summed E-state index contributed by atoms with van der Waals surface area (Å²) in [7, 11) is 0. The first-order chi connectivity index (χ1) is 5.59. The fraction of sp³-hybridized carbons (Fsp3) is 0.500. The van der Waals surface area contributed by atoms with Crippen LogP contribution < -0.4 is 0 Å². The topological polar surface area (TPSA) is 37.3 Å². The number of carbonyl (C=O) groups is 1. The predicted octanol–water partition coefficient (Wildman–Crippen LogP) is 2.62. The molecule has 0 saturated carbocycles. The molecule has 12 heavy (non-hydrogen) atoms. The Hall–Kier alpha value is -1.05. The summed E-state index contributed by atoms with van der Waals surface area (Å²) in [5.74, 6) is -1.21. The van der Waals surface area contributed by atoms with Crippen LogP contribution in [0.2, 0.25) is 0 Å². The highest BCUT2D eigenvalue weighted by molar-refractivity contribution is 5.72. The molecule has 0 aliphatic rings. The van der Waals surface area contributed by atoms with E-state index in [9.17, 15) is 4.79 Å². The predicted molar refractivity (Wildman–Crippen MR) is 50.0 cm³/mol. The van der Waals surface area contributed by atoms with Crippen molar-refractivity contribution in [2.45, 2.75) is 26.7 Å². The van der Waals surface area contributed by atoms with E-state index in [4.69, 9.17) is 5.11 Å². The van der Waals surface area contributed by atoms with Crippen molar-refractivity contribution in [2.75, 3.05) is 0 Å². The molecule has 68 valence electrons. The van der Waals surface area contributed by atoms with Gasteiger partial charge in [0.05, 0.1) is 5.92 Å². The Morgan fingerprint density at radius 3 is 2.67 bits per heavy atom. The molecule has 0 aliphatic carbocycles. The van der Waals surface area contributed by atoms with E-state index in [0.29, 0.717) is 0 Å². The third-order valence-electron chi connectivity index (χ3n) is 1.85. The fourth-order valence-corrected chi connectivity index (χ4v) is 0.827. The molecular formula is C10H16O2. The lowest BCUT2D eigenvalue weighted by Gasteiger charge is -2.07. The Bertz CT molecular complexity index is 192. The van der Waals surface area contributed by atoms with Gasteiger partial charge >= 0.3 is 5.97 Å². The highest BCUT2D eigenvalue weighted by Crippen LogP contribution is 2.14. The number of hydrogen-bond donors (Lipinski definition) is 1. The molecule has 2 heteroatoms. The van der Waals surface area contributed by atoms with E-state index in [2.05, 4.69) is 6.58 Å². The van der Waals surface area contributed by atoms with Crippen molar-refractivity contribution in [3.63, 3.8) is 0 Å². The maximum absolute atomic E-state index is 10.5. The normalized spacial score (nSPS) is 13.2. The summed E-state index contributed by atoms with van der Waals surface area (Å²) < 4.78 is 0. The Morgan fingerprint density at radius 2 is 2.25 bits per heavy atom. The Balaban J connectivity index is 3.80. The first-order valence-electron chi connectivity index (χ1n) is 4.11. The largest absolute Gasteiger partial charge is 0.481 e. The number of carboxylic acids is 1. The molecule has 0 radical (unpaired) electrons. The van der Waals surface area contributed by atoms with Crippen LogP contribution in [0, 0.1) is 5.92 Å². The van der Waals surface area contributed by atoms with Crippen molar-refractivity contribution < 1.29 is 9.90 Å². The summed E-state index contributed by atoms with van der Waals surface area (Å²) in [4.78, 5) is 10.5. The van der Waals surface area contributed by atoms with Crippen LogP contribution in [0.1, 0.15) is 26.7 Å². The number of hydrogen-bond acceptors (Lipinski definition) is 1. The molecule has 0 aromatic rings. The second-order valence-corrected chi connectivity index (χ2v) is 2.83. The van der Waals surface area contributed by atoms with E-state index >= 15 is 0 Å². The maximum Gasteiger partial charge on any atom is 0.310 e. The van der Waals surface area contributed by atoms with E-state index < -0.39 is 11.9 Å². The van der Waals surface area contributed by atoms with Gasteiger partial charge in [0.2, 0.25) is 0 Å². The van der Waals surface area contributed by atoms with Gasteiger partial charge in [0, 0.05) is 0 Å². The number of carboxylic acid groups (broad SMARTS) is 1. The Kier molecular flexibility index (Phi) is 5.09. The maximum atomic E-state index is 10.5. The highest BCUT2D eigenvalue weighted by atomic mass is 16.4. The van der Waals surface area contributed by atoms with Gasteiger partial charge in [-0.3, -0.25) is 4.79 Å². The smallest absolute Gasteiger partial charge is 0.310 e. The van der Waals surface area contributed by atoms with Gasteiger partial charge in [0.15, 0.2) is 0 Å². The van der Waals surface area contributed by atoms with Crippen molar-refractivity contribution in [1.82, 2.24) is 0 Å². The molecule has 1 N–H and O–H groups in total. The van der Waals surface area contributed by atoms with Gasteiger partial charge in [-0.05, 0) is 26.7 Å². The zero-order chi connectivity index (χ0) is 9.56. The van der Waals surface area contributed by atoms with E-state index in [1.807, 2.05) is 19.1 Å². The molecule has 2 nitrogen and oxygen atoms in total. The minimum atomic E-state index is -0.791. The highest BCUT2D eigenvalue weighted by Gasteiger charge is 2.13. The molecule has 0 rings (SSSR count). The van der Waals surface area contributed by atoms with Crippen molar-refractivity contribution in [1.29, 1.82) is 0 Å². The van der Waals surface area contributed by atoms with Gasteiger partial charge in [-0.1, -0.05) is 24.3 Å². The summed E-state index contributed by atoms with van der Waals surface area (Å²) in [6, 6.07) is 0. The van der Waals surface area contributed by atoms with Gasteiger partial charge in [0.1, 0.15) is 0 Å². The molecule has 0 bridgehead atoms. The molecule has 0 amide bonds. The SMILES string of the molecule is C=C(CC/C=C/C)C(C)C(=O)O. The molecule has 0 fully saturated rings. The second kappa shape index (κ2) is 5.58. The molecule has 0 aliphatic heterocycles. The molecule has 0 aromatic carbocycles. The minimum absolute atomic E-state index is 0.421. The van der Waals surface area contributed by atoms with Crippen LogP contribution >= 0.6 is 0 Å². The van der Waals surface area contributed by atoms with Crippen LogP contribution in [0.25, 0.3) is 0 Å². The van der Waals surface area contributed by atoms with Gasteiger partial charge in [-0.15, -0.1) is 0 Å². The summed E-state index contributed by atoms with van der Waals surface area (Å²) in [6.07, 6.45) is 5.61. The van der Waals surface area contributed by atoms with Crippen LogP contribution in [0.3, 0.4) is 0 Å². The van der Waals surface area contributed by atoms with Crippen LogP contribution in [0.4, 0.5) is 0 Å². The summed E-state index contributed by atoms with van der Waals surface area (Å²) in [6.45, 7) is 7.35. The van der Waals surface area contributed by atoms with Crippen molar-refractivity contribution in [3.8, 4) is 0 Å². The molecule has 0 aromatic heterocycles. The number of rotatable bonds is 5. The average Bonchev–Trinajstić information content (AvgIpc) is 2.03. The van der Waals surface area contributed by atoms with E-state index in [1.54, 1.807) is 6.92 Å². The molecular weight excluding hydrogens is 152 g/mol. The Labute approximate surface area is 73.6 Å². The van der Waals surface area contributed by atoms with Gasteiger partial charge in [-0.2, -0.15) is 0 Å². The van der Waals surface area contributed by atoms with E-state index in [0.717, 1.165) is 18.4 Å². The lowest BCUT2D eigenvalue weighted by Crippen LogP contribution is -2.11. The molecule has 0 spiro atoms. The van der Waals surface area contributed by atoms with Crippen LogP contribution in [0.5, 0.6) is 0 Å². The third kappa shape index (κ3) is 3.96. The first kappa shape index (κ1) is 11.0. The number of allylic oxidation sites excluding steroid dienone is 2. The van der Waals surface area contributed by atoms with Crippen molar-refractivity contribution in [3.05, 3.63) is 24.3 Å². The summed E-state index contributed by atoms with van der Waals surface area (Å²) in [5, 5.41) is 8.63. The summed E-state index contributed by atoms with van der Waals surface area (Å²) >= 11 is 0. The lowest BCUT2D eigenvalue weighted by molar-refractivity contribution is -0.139. The Morgan fingerprint density at radius 1 is 1.67 bits per heavy atom. The van der Waals surface area contributed by atoms with E-state index in [-0.39, 0.29) is 0 Å². The number of aliphatic carboxylic acids is 1. The van der Waals surface area contributed by atoms with Crippen LogP contribution in [0.15, 0.2) is 24.3 Å². The minimum Gasteiger partial charge on any atom is -0.481 e. The zero-order valence-corrected chi connectivity index (χ0v) is 7.71. The fourth-order valence-electron chi connectivity index (χ4n) is 0.827. The molecule has 1 unspecified atom stereocenters. The monoisotopic (exact) mass is 168 g/mol. The van der Waals surface area contributed by atoms with E-state index in [1.165, 1.54) is 0 Å². The summed E-state index contributed by atoms with van der Waals surface area (Å²) in [5.41, 5.74) is 0.792. The zero-order valence-electron chi connectivity index (χ0n) is 7.71. The van der Waals surface area contributed by atoms with Gasteiger partial charge < -0.3 is 5.11 Å². The quantitative estimate of drug-likeness (QED) is 0.641. The second-order valence-electron chi connectivity index (χ2n) is 2.83. The molecule has 0 heterocycles. The van der Waals surface area contributed by atoms with Gasteiger partial charge in [0.25, 0.3) is 0 Å². The average molecular weight is 168 g/mol. The molecule has 1 atom stereocenters. The first-order valence-corrected chi connectivity index (χ1v) is 4.11. The van der Waals surface area contributed by atoms with Crippen molar-refractivity contribution >= 4 is 5.97 Å². The van der Waals surface area contributed by atoms with Crippen LogP contribution in [-0.4, -0.2) is 11.1 Å².